The molecule has 0 saturated heterocycles. The third-order valence-corrected chi connectivity index (χ3v) is 6.60. The zero-order valence-electron chi connectivity index (χ0n) is 11.6. The third kappa shape index (κ3) is 4.77. The standard InChI is InChI=1S/C12H20N2O4S2/c1-11-6-3-4-7-12(11)14(9-5-8-13)20(17,18)10-19(2,15)16/h3-4,6-7H,5,8-10,13H2,1-2H3. The maximum Gasteiger partial charge on any atom is 0.249 e. The molecule has 0 bridgehead atoms. The Morgan fingerprint density at radius 1 is 1.15 bits per heavy atom. The molecule has 2 N–H and O–H groups in total. The molecule has 0 spiro atoms. The minimum atomic E-state index is -3.94. The highest BCUT2D eigenvalue weighted by atomic mass is 32.3. The summed E-state index contributed by atoms with van der Waals surface area (Å²) in [6.45, 7) is 2.27. The van der Waals surface area contributed by atoms with Gasteiger partial charge >= 0.3 is 0 Å². The topological polar surface area (TPSA) is 97.5 Å². The van der Waals surface area contributed by atoms with Crippen LogP contribution in [0.5, 0.6) is 0 Å². The molecule has 8 heteroatoms. The minimum absolute atomic E-state index is 0.166. The summed E-state index contributed by atoms with van der Waals surface area (Å²) in [4.78, 5) is 0. The van der Waals surface area contributed by atoms with E-state index in [1.54, 1.807) is 31.2 Å². The molecule has 0 unspecified atom stereocenters. The van der Waals surface area contributed by atoms with Crippen LogP contribution in [0.2, 0.25) is 0 Å². The van der Waals surface area contributed by atoms with Crippen LogP contribution in [-0.2, 0) is 19.9 Å². The number of sulfonamides is 1. The molecule has 0 heterocycles. The van der Waals surface area contributed by atoms with Gasteiger partial charge in [-0.05, 0) is 31.5 Å². The summed E-state index contributed by atoms with van der Waals surface area (Å²) >= 11 is 0. The van der Waals surface area contributed by atoms with Gasteiger partial charge in [0.2, 0.25) is 10.0 Å². The Morgan fingerprint density at radius 2 is 1.75 bits per heavy atom. The molecule has 1 aromatic carbocycles. The number of anilines is 1. The van der Waals surface area contributed by atoms with E-state index in [1.165, 1.54) is 0 Å². The molecule has 6 nitrogen and oxygen atoms in total. The average molecular weight is 320 g/mol. The predicted molar refractivity (Wildman–Crippen MR) is 80.8 cm³/mol. The quantitative estimate of drug-likeness (QED) is 0.788. The van der Waals surface area contributed by atoms with Gasteiger partial charge in [-0.3, -0.25) is 4.31 Å². The Balaban J connectivity index is 3.23. The maximum atomic E-state index is 12.3. The SMILES string of the molecule is Cc1ccccc1N(CCCN)S(=O)(=O)CS(C)(=O)=O. The Bertz CT molecular complexity index is 654. The van der Waals surface area contributed by atoms with Gasteiger partial charge in [0.15, 0.2) is 14.9 Å². The van der Waals surface area contributed by atoms with E-state index in [4.69, 9.17) is 5.73 Å². The highest BCUT2D eigenvalue weighted by Gasteiger charge is 2.27. The fourth-order valence-corrected chi connectivity index (χ4v) is 5.41. The second-order valence-electron chi connectivity index (χ2n) is 4.66. The monoisotopic (exact) mass is 320 g/mol. The van der Waals surface area contributed by atoms with E-state index in [0.717, 1.165) is 16.1 Å². The number of hydrogen-bond donors (Lipinski definition) is 1. The molecule has 1 aromatic rings. The lowest BCUT2D eigenvalue weighted by Crippen LogP contribution is -2.37. The highest BCUT2D eigenvalue weighted by Crippen LogP contribution is 2.23. The molecular weight excluding hydrogens is 300 g/mol. The van der Waals surface area contributed by atoms with Crippen LogP contribution in [0.1, 0.15) is 12.0 Å². The van der Waals surface area contributed by atoms with E-state index in [-0.39, 0.29) is 6.54 Å². The number of nitrogens with two attached hydrogens (primary N) is 1. The van der Waals surface area contributed by atoms with Crippen LogP contribution >= 0.6 is 0 Å². The fourth-order valence-electron chi connectivity index (χ4n) is 1.82. The maximum absolute atomic E-state index is 12.3. The number of aryl methyl sites for hydroxylation is 1. The molecule has 0 amide bonds. The molecule has 1 rings (SSSR count). The number of hydrogen-bond acceptors (Lipinski definition) is 5. The molecule has 0 aliphatic heterocycles. The third-order valence-electron chi connectivity index (χ3n) is 2.65. The van der Waals surface area contributed by atoms with Crippen molar-refractivity contribution in [3.05, 3.63) is 29.8 Å². The Kier molecular flexibility index (Phi) is 5.55. The number of benzene rings is 1. The van der Waals surface area contributed by atoms with Crippen LogP contribution in [-0.4, -0.2) is 41.3 Å². The molecule has 0 radical (unpaired) electrons. The largest absolute Gasteiger partial charge is 0.330 e. The summed E-state index contributed by atoms with van der Waals surface area (Å²) in [6, 6.07) is 6.95. The van der Waals surface area contributed by atoms with Crippen molar-refractivity contribution in [1.29, 1.82) is 0 Å². The van der Waals surface area contributed by atoms with Crippen molar-refractivity contribution in [3.63, 3.8) is 0 Å². The number of para-hydroxylation sites is 1. The zero-order chi connectivity index (χ0) is 15.4. The molecule has 0 aliphatic carbocycles. The fraction of sp³-hybridized carbons (Fsp3) is 0.500. The summed E-state index contributed by atoms with van der Waals surface area (Å²) in [5, 5.41) is -0.904. The Labute approximate surface area is 120 Å². The number of rotatable bonds is 7. The van der Waals surface area contributed by atoms with Gasteiger partial charge in [-0.1, -0.05) is 18.2 Å². The molecule has 0 aromatic heterocycles. The molecular formula is C12H20N2O4S2. The van der Waals surface area contributed by atoms with E-state index in [9.17, 15) is 16.8 Å². The molecule has 0 fully saturated rings. The highest BCUT2D eigenvalue weighted by molar-refractivity contribution is 8.08. The first-order valence-corrected chi connectivity index (χ1v) is 9.78. The summed E-state index contributed by atoms with van der Waals surface area (Å²) in [6.07, 6.45) is 1.36. The lowest BCUT2D eigenvalue weighted by molar-refractivity contribution is 0.587. The Hall–Kier alpha value is -1.12. The van der Waals surface area contributed by atoms with E-state index < -0.39 is 24.9 Å². The lowest BCUT2D eigenvalue weighted by atomic mass is 10.2. The van der Waals surface area contributed by atoms with Gasteiger partial charge < -0.3 is 5.73 Å². The van der Waals surface area contributed by atoms with Gasteiger partial charge in [-0.15, -0.1) is 0 Å². The molecule has 0 saturated carbocycles. The first-order valence-electron chi connectivity index (χ1n) is 6.11. The summed E-state index contributed by atoms with van der Waals surface area (Å²) in [5.74, 6) is 0. The van der Waals surface area contributed by atoms with Gasteiger partial charge in [0, 0.05) is 12.8 Å². The van der Waals surface area contributed by atoms with Crippen molar-refractivity contribution < 1.29 is 16.8 Å². The van der Waals surface area contributed by atoms with Crippen molar-refractivity contribution in [2.45, 2.75) is 13.3 Å². The van der Waals surface area contributed by atoms with Gasteiger partial charge in [0.1, 0.15) is 0 Å². The zero-order valence-corrected chi connectivity index (χ0v) is 13.2. The Morgan fingerprint density at radius 3 is 2.25 bits per heavy atom. The minimum Gasteiger partial charge on any atom is -0.330 e. The van der Waals surface area contributed by atoms with E-state index in [1.807, 2.05) is 0 Å². The van der Waals surface area contributed by atoms with Crippen LogP contribution in [0.15, 0.2) is 24.3 Å². The van der Waals surface area contributed by atoms with Gasteiger partial charge in [0.05, 0.1) is 5.69 Å². The van der Waals surface area contributed by atoms with E-state index in [0.29, 0.717) is 18.7 Å². The normalized spacial score (nSPS) is 12.3. The predicted octanol–water partition coefficient (Wildman–Crippen LogP) is 0.482. The smallest absolute Gasteiger partial charge is 0.249 e. The lowest BCUT2D eigenvalue weighted by Gasteiger charge is -2.25. The van der Waals surface area contributed by atoms with Crippen LogP contribution in [0.25, 0.3) is 0 Å². The average Bonchev–Trinajstić information content (AvgIpc) is 2.28. The molecule has 0 aliphatic rings. The van der Waals surface area contributed by atoms with E-state index >= 15 is 0 Å². The van der Waals surface area contributed by atoms with Crippen molar-refractivity contribution in [3.8, 4) is 0 Å². The summed E-state index contributed by atoms with van der Waals surface area (Å²) in [7, 11) is -7.57. The van der Waals surface area contributed by atoms with Crippen molar-refractivity contribution in [2.24, 2.45) is 5.73 Å². The van der Waals surface area contributed by atoms with Crippen LogP contribution in [0.3, 0.4) is 0 Å². The van der Waals surface area contributed by atoms with Gasteiger partial charge in [-0.2, -0.15) is 0 Å². The summed E-state index contributed by atoms with van der Waals surface area (Å²) < 4.78 is 48.4. The summed E-state index contributed by atoms with van der Waals surface area (Å²) in [5.41, 5.74) is 6.68. The number of nitrogens with zero attached hydrogens (tertiary/aromatic N) is 1. The van der Waals surface area contributed by atoms with Crippen LogP contribution < -0.4 is 10.0 Å². The number of sulfone groups is 1. The first kappa shape index (κ1) is 16.9. The molecule has 0 atom stereocenters. The van der Waals surface area contributed by atoms with Crippen molar-refractivity contribution in [1.82, 2.24) is 0 Å². The van der Waals surface area contributed by atoms with E-state index in [2.05, 4.69) is 0 Å². The van der Waals surface area contributed by atoms with Gasteiger partial charge in [0.25, 0.3) is 0 Å². The second-order valence-corrected chi connectivity index (χ2v) is 9.06. The van der Waals surface area contributed by atoms with Gasteiger partial charge in [-0.25, -0.2) is 16.8 Å². The first-order chi connectivity index (χ1) is 9.17. The second kappa shape index (κ2) is 6.55. The molecule has 114 valence electrons. The van der Waals surface area contributed by atoms with Crippen molar-refractivity contribution in [2.75, 3.05) is 28.7 Å². The van der Waals surface area contributed by atoms with Crippen LogP contribution in [0.4, 0.5) is 5.69 Å². The molecule has 20 heavy (non-hydrogen) atoms. The van der Waals surface area contributed by atoms with Crippen molar-refractivity contribution >= 4 is 25.5 Å². The van der Waals surface area contributed by atoms with Crippen LogP contribution in [0, 0.1) is 6.92 Å².